The number of hydrogen-bond donors (Lipinski definition) is 1. The van der Waals surface area contributed by atoms with E-state index in [9.17, 15) is 9.59 Å². The fraction of sp³-hybridized carbons (Fsp3) is 0.200. The van der Waals surface area contributed by atoms with Crippen LogP contribution in [0.25, 0.3) is 0 Å². The van der Waals surface area contributed by atoms with Crippen molar-refractivity contribution in [2.45, 2.75) is 0 Å². The summed E-state index contributed by atoms with van der Waals surface area (Å²) in [4.78, 5) is 22.2. The molecule has 1 aromatic rings. The van der Waals surface area contributed by atoms with Gasteiger partial charge in [-0.25, -0.2) is 4.79 Å². The fourth-order valence-corrected chi connectivity index (χ4v) is 0.999. The van der Waals surface area contributed by atoms with Crippen LogP contribution in [0, 0.1) is 0 Å². The molecule has 0 aliphatic rings. The minimum Gasteiger partial charge on any atom is -0.465 e. The maximum absolute atomic E-state index is 11.3. The first-order valence-electron chi connectivity index (χ1n) is 4.27. The SMILES string of the molecule is COC(=O)c1ccccc1OC(=O)CN.Cl. The van der Waals surface area contributed by atoms with Gasteiger partial charge in [0.05, 0.1) is 13.7 Å². The molecule has 0 aliphatic carbocycles. The van der Waals surface area contributed by atoms with E-state index in [2.05, 4.69) is 4.74 Å². The molecular formula is C10H12ClNO4. The Kier molecular flexibility index (Phi) is 6.14. The zero-order valence-corrected chi connectivity index (χ0v) is 9.45. The molecule has 0 amide bonds. The third-order valence-electron chi connectivity index (χ3n) is 1.68. The highest BCUT2D eigenvalue weighted by Crippen LogP contribution is 2.18. The van der Waals surface area contributed by atoms with Gasteiger partial charge in [0.15, 0.2) is 0 Å². The van der Waals surface area contributed by atoms with E-state index in [1.54, 1.807) is 12.1 Å². The number of para-hydroxylation sites is 1. The largest absolute Gasteiger partial charge is 0.465 e. The molecule has 1 aromatic carbocycles. The van der Waals surface area contributed by atoms with Gasteiger partial charge < -0.3 is 15.2 Å². The Bertz CT molecular complexity index is 381. The lowest BCUT2D eigenvalue weighted by molar-refractivity contribution is -0.132. The first-order valence-corrected chi connectivity index (χ1v) is 4.27. The van der Waals surface area contributed by atoms with E-state index in [4.69, 9.17) is 10.5 Å². The van der Waals surface area contributed by atoms with E-state index < -0.39 is 11.9 Å². The van der Waals surface area contributed by atoms with E-state index >= 15 is 0 Å². The van der Waals surface area contributed by atoms with Crippen molar-refractivity contribution in [1.29, 1.82) is 0 Å². The van der Waals surface area contributed by atoms with E-state index in [1.807, 2.05) is 0 Å². The molecule has 5 nitrogen and oxygen atoms in total. The molecule has 2 N–H and O–H groups in total. The van der Waals surface area contributed by atoms with Crippen LogP contribution < -0.4 is 10.5 Å². The molecule has 88 valence electrons. The van der Waals surface area contributed by atoms with Crippen LogP contribution in [0.3, 0.4) is 0 Å². The van der Waals surface area contributed by atoms with Crippen LogP contribution in [-0.4, -0.2) is 25.6 Å². The molecule has 0 saturated heterocycles. The molecular weight excluding hydrogens is 234 g/mol. The Morgan fingerprint density at radius 2 is 1.94 bits per heavy atom. The molecule has 16 heavy (non-hydrogen) atoms. The minimum atomic E-state index is -0.605. The van der Waals surface area contributed by atoms with Crippen LogP contribution in [0.5, 0.6) is 5.75 Å². The summed E-state index contributed by atoms with van der Waals surface area (Å²) in [5.41, 5.74) is 5.28. The van der Waals surface area contributed by atoms with Gasteiger partial charge in [0.2, 0.25) is 0 Å². The first kappa shape index (κ1) is 14.4. The number of carbonyl (C=O) groups excluding carboxylic acids is 2. The van der Waals surface area contributed by atoms with Crippen LogP contribution in [0.4, 0.5) is 0 Å². The molecule has 0 fully saturated rings. The van der Waals surface area contributed by atoms with Crippen LogP contribution in [-0.2, 0) is 9.53 Å². The van der Waals surface area contributed by atoms with Crippen molar-refractivity contribution >= 4 is 24.3 Å². The van der Waals surface area contributed by atoms with Gasteiger partial charge in [0.25, 0.3) is 0 Å². The highest BCUT2D eigenvalue weighted by atomic mass is 35.5. The summed E-state index contributed by atoms with van der Waals surface area (Å²) in [6.07, 6.45) is 0. The Morgan fingerprint density at radius 1 is 1.31 bits per heavy atom. The first-order chi connectivity index (χ1) is 7.19. The second-order valence-electron chi connectivity index (χ2n) is 2.67. The summed E-state index contributed by atoms with van der Waals surface area (Å²) < 4.78 is 9.38. The van der Waals surface area contributed by atoms with Crippen LogP contribution >= 0.6 is 12.4 Å². The predicted molar refractivity (Wildman–Crippen MR) is 59.7 cm³/mol. The third-order valence-corrected chi connectivity index (χ3v) is 1.68. The van der Waals surface area contributed by atoms with Gasteiger partial charge in [-0.2, -0.15) is 0 Å². The smallest absolute Gasteiger partial charge is 0.341 e. The number of rotatable bonds is 3. The lowest BCUT2D eigenvalue weighted by Gasteiger charge is -2.06. The summed E-state index contributed by atoms with van der Waals surface area (Å²) in [6.45, 7) is -0.241. The molecule has 1 rings (SSSR count). The summed E-state index contributed by atoms with van der Waals surface area (Å²) in [7, 11) is 1.25. The number of ether oxygens (including phenoxy) is 2. The Balaban J connectivity index is 0.00000225. The van der Waals surface area contributed by atoms with Crippen molar-refractivity contribution in [3.8, 4) is 5.75 Å². The summed E-state index contributed by atoms with van der Waals surface area (Å²) >= 11 is 0. The number of nitrogens with two attached hydrogens (primary N) is 1. The number of methoxy groups -OCH3 is 1. The van der Waals surface area contributed by atoms with Gasteiger partial charge >= 0.3 is 11.9 Å². The quantitative estimate of drug-likeness (QED) is 0.628. The lowest BCUT2D eigenvalue weighted by Crippen LogP contribution is -2.20. The molecule has 0 aromatic heterocycles. The Labute approximate surface area is 98.9 Å². The Morgan fingerprint density at radius 3 is 2.50 bits per heavy atom. The maximum Gasteiger partial charge on any atom is 0.341 e. The molecule has 0 spiro atoms. The average Bonchev–Trinajstić information content (AvgIpc) is 2.28. The molecule has 0 bridgehead atoms. The summed E-state index contributed by atoms with van der Waals surface area (Å²) in [5.74, 6) is -1.01. The van der Waals surface area contributed by atoms with E-state index in [0.29, 0.717) is 0 Å². The number of benzene rings is 1. The van der Waals surface area contributed by atoms with Gasteiger partial charge in [0, 0.05) is 0 Å². The standard InChI is InChI=1S/C10H11NO4.ClH/c1-14-10(13)7-4-2-3-5-8(7)15-9(12)6-11;/h2-5H,6,11H2,1H3;1H. The maximum atomic E-state index is 11.3. The van der Waals surface area contributed by atoms with E-state index in [0.717, 1.165) is 0 Å². The number of esters is 2. The number of hydrogen-bond acceptors (Lipinski definition) is 5. The summed E-state index contributed by atoms with van der Waals surface area (Å²) in [6, 6.07) is 6.29. The van der Waals surface area contributed by atoms with Crippen molar-refractivity contribution in [3.05, 3.63) is 29.8 Å². The van der Waals surface area contributed by atoms with Gasteiger partial charge in [-0.15, -0.1) is 12.4 Å². The fourth-order valence-electron chi connectivity index (χ4n) is 0.999. The predicted octanol–water partition coefficient (Wildman–Crippen LogP) is 0.759. The van der Waals surface area contributed by atoms with Crippen molar-refractivity contribution in [2.24, 2.45) is 5.73 Å². The monoisotopic (exact) mass is 245 g/mol. The zero-order valence-electron chi connectivity index (χ0n) is 8.64. The van der Waals surface area contributed by atoms with Crippen LogP contribution in [0.2, 0.25) is 0 Å². The van der Waals surface area contributed by atoms with Crippen molar-refractivity contribution < 1.29 is 19.1 Å². The average molecular weight is 246 g/mol. The van der Waals surface area contributed by atoms with Gasteiger partial charge in [-0.3, -0.25) is 4.79 Å². The van der Waals surface area contributed by atoms with Crippen molar-refractivity contribution in [2.75, 3.05) is 13.7 Å². The molecule has 0 radical (unpaired) electrons. The topological polar surface area (TPSA) is 78.6 Å². The normalized spacial score (nSPS) is 8.88. The minimum absolute atomic E-state index is 0. The number of halogens is 1. The third kappa shape index (κ3) is 3.52. The molecule has 0 aliphatic heterocycles. The van der Waals surface area contributed by atoms with Crippen molar-refractivity contribution in [1.82, 2.24) is 0 Å². The lowest BCUT2D eigenvalue weighted by atomic mass is 10.2. The number of carbonyl (C=O) groups is 2. The summed E-state index contributed by atoms with van der Waals surface area (Å²) in [5, 5.41) is 0. The van der Waals surface area contributed by atoms with Crippen LogP contribution in [0.1, 0.15) is 10.4 Å². The highest BCUT2D eigenvalue weighted by molar-refractivity contribution is 5.93. The van der Waals surface area contributed by atoms with Gasteiger partial charge in [-0.05, 0) is 12.1 Å². The van der Waals surface area contributed by atoms with Crippen molar-refractivity contribution in [3.63, 3.8) is 0 Å². The highest BCUT2D eigenvalue weighted by Gasteiger charge is 2.14. The Hall–Kier alpha value is -1.59. The van der Waals surface area contributed by atoms with Gasteiger partial charge in [-0.1, -0.05) is 12.1 Å². The van der Waals surface area contributed by atoms with Crippen LogP contribution in [0.15, 0.2) is 24.3 Å². The molecule has 0 saturated carbocycles. The van der Waals surface area contributed by atoms with E-state index in [-0.39, 0.29) is 30.3 Å². The second-order valence-corrected chi connectivity index (χ2v) is 2.67. The molecule has 0 heterocycles. The second kappa shape index (κ2) is 6.81. The van der Waals surface area contributed by atoms with Gasteiger partial charge in [0.1, 0.15) is 11.3 Å². The molecule has 6 heteroatoms. The zero-order chi connectivity index (χ0) is 11.3. The molecule has 0 atom stereocenters. The van der Waals surface area contributed by atoms with E-state index in [1.165, 1.54) is 19.2 Å². The molecule has 0 unspecified atom stereocenters.